The van der Waals surface area contributed by atoms with Gasteiger partial charge in [0.25, 0.3) is 0 Å². The minimum Gasteiger partial charge on any atom is -0.398 e. The molecule has 0 spiro atoms. The number of fused-ring (bicyclic) bond motifs is 1. The van der Waals surface area contributed by atoms with Gasteiger partial charge in [0.2, 0.25) is 0 Å². The number of benzene rings is 1. The van der Waals surface area contributed by atoms with Gasteiger partial charge in [0.15, 0.2) is 0 Å². The van der Waals surface area contributed by atoms with E-state index in [1.807, 2.05) is 20.8 Å². The van der Waals surface area contributed by atoms with Gasteiger partial charge in [-0.1, -0.05) is 0 Å². The lowest BCUT2D eigenvalue weighted by atomic mass is 9.92. The number of rotatable bonds is 2. The maximum atomic E-state index is 6.18. The van der Waals surface area contributed by atoms with Gasteiger partial charge >= 0.3 is 0 Å². The molecule has 0 fully saturated rings. The molecule has 2 rings (SSSR count). The molecule has 1 heterocycles. The Morgan fingerprint density at radius 3 is 2.53 bits per heavy atom. The topological polar surface area (TPSA) is 73.3 Å². The van der Waals surface area contributed by atoms with Crippen molar-refractivity contribution in [1.29, 1.82) is 0 Å². The molecule has 0 aromatic heterocycles. The van der Waals surface area contributed by atoms with Crippen LogP contribution >= 0.6 is 0 Å². The van der Waals surface area contributed by atoms with Crippen LogP contribution in [-0.4, -0.2) is 19.3 Å². The molecule has 0 radical (unpaired) electrons. The molecule has 5 N–H and O–H groups in total. The fourth-order valence-corrected chi connectivity index (χ4v) is 2.40. The van der Waals surface area contributed by atoms with E-state index in [0.717, 1.165) is 53.3 Å². The second-order valence-electron chi connectivity index (χ2n) is 4.59. The van der Waals surface area contributed by atoms with Gasteiger partial charge in [0, 0.05) is 30.8 Å². The van der Waals surface area contributed by atoms with E-state index in [-0.39, 0.29) is 6.10 Å². The number of nitrogens with one attached hydrogen (secondary N) is 1. The summed E-state index contributed by atoms with van der Waals surface area (Å²) in [4.78, 5) is 0. The smallest absolute Gasteiger partial charge is 0.0789 e. The SMILES string of the molecule is CCOC1CNc2c(N)c(C)c(C)c(N)c2C1. The van der Waals surface area contributed by atoms with E-state index in [0.29, 0.717) is 0 Å². The van der Waals surface area contributed by atoms with Crippen LogP contribution in [0, 0.1) is 13.8 Å². The molecule has 94 valence electrons. The van der Waals surface area contributed by atoms with E-state index in [4.69, 9.17) is 16.2 Å². The highest BCUT2D eigenvalue weighted by atomic mass is 16.5. The molecule has 0 bridgehead atoms. The zero-order valence-corrected chi connectivity index (χ0v) is 10.8. The van der Waals surface area contributed by atoms with Crippen LogP contribution in [-0.2, 0) is 11.2 Å². The molecule has 1 aliphatic rings. The van der Waals surface area contributed by atoms with Crippen LogP contribution < -0.4 is 16.8 Å². The fourth-order valence-electron chi connectivity index (χ4n) is 2.40. The molecule has 0 saturated carbocycles. The van der Waals surface area contributed by atoms with E-state index in [1.54, 1.807) is 0 Å². The predicted octanol–water partition coefficient (Wildman–Crippen LogP) is 1.84. The first-order valence-electron chi connectivity index (χ1n) is 6.08. The molecule has 1 aliphatic heterocycles. The number of hydrogen-bond donors (Lipinski definition) is 3. The van der Waals surface area contributed by atoms with Crippen molar-refractivity contribution >= 4 is 17.1 Å². The standard InChI is InChI=1S/C13H21N3O/c1-4-17-9-5-10-11(14)7(2)8(3)12(15)13(10)16-6-9/h9,16H,4-6,14-15H2,1-3H3. The molecule has 0 amide bonds. The lowest BCUT2D eigenvalue weighted by Gasteiger charge is -2.30. The number of nitrogens with two attached hydrogens (primary N) is 2. The first kappa shape index (κ1) is 12.0. The predicted molar refractivity (Wildman–Crippen MR) is 72.3 cm³/mol. The van der Waals surface area contributed by atoms with Crippen molar-refractivity contribution in [2.24, 2.45) is 0 Å². The summed E-state index contributed by atoms with van der Waals surface area (Å²) < 4.78 is 5.65. The Labute approximate surface area is 102 Å². The van der Waals surface area contributed by atoms with Gasteiger partial charge in [-0.3, -0.25) is 0 Å². The third-order valence-electron chi connectivity index (χ3n) is 3.61. The largest absolute Gasteiger partial charge is 0.398 e. The van der Waals surface area contributed by atoms with Crippen LogP contribution in [0.5, 0.6) is 0 Å². The summed E-state index contributed by atoms with van der Waals surface area (Å²) in [6, 6.07) is 0. The summed E-state index contributed by atoms with van der Waals surface area (Å²) in [6.45, 7) is 7.56. The molecular formula is C13H21N3O. The number of anilines is 3. The zero-order valence-electron chi connectivity index (χ0n) is 10.8. The van der Waals surface area contributed by atoms with E-state index in [1.165, 1.54) is 0 Å². The lowest BCUT2D eigenvalue weighted by molar-refractivity contribution is 0.0705. The van der Waals surface area contributed by atoms with E-state index < -0.39 is 0 Å². The molecule has 1 atom stereocenters. The number of ether oxygens (including phenoxy) is 1. The second kappa shape index (κ2) is 4.45. The molecule has 1 aromatic carbocycles. The Kier molecular flexibility index (Phi) is 3.15. The first-order valence-corrected chi connectivity index (χ1v) is 6.08. The Balaban J connectivity index is 2.44. The van der Waals surface area contributed by atoms with Gasteiger partial charge in [-0.2, -0.15) is 0 Å². The lowest BCUT2D eigenvalue weighted by Crippen LogP contribution is -2.32. The minimum atomic E-state index is 0.191. The van der Waals surface area contributed by atoms with Crippen molar-refractivity contribution in [2.45, 2.75) is 33.3 Å². The Morgan fingerprint density at radius 2 is 1.88 bits per heavy atom. The molecule has 4 nitrogen and oxygen atoms in total. The quantitative estimate of drug-likeness (QED) is 0.684. The summed E-state index contributed by atoms with van der Waals surface area (Å²) in [5.41, 5.74) is 18.3. The Morgan fingerprint density at radius 1 is 1.24 bits per heavy atom. The van der Waals surface area contributed by atoms with Crippen molar-refractivity contribution in [2.75, 3.05) is 29.9 Å². The molecule has 1 aromatic rings. The first-order chi connectivity index (χ1) is 8.06. The van der Waals surface area contributed by atoms with Gasteiger partial charge in [-0.05, 0) is 31.9 Å². The van der Waals surface area contributed by atoms with Gasteiger partial charge in [-0.15, -0.1) is 0 Å². The van der Waals surface area contributed by atoms with Crippen molar-refractivity contribution in [3.63, 3.8) is 0 Å². The summed E-state index contributed by atoms with van der Waals surface area (Å²) in [6.07, 6.45) is 1.03. The third-order valence-corrected chi connectivity index (χ3v) is 3.61. The van der Waals surface area contributed by atoms with Crippen LogP contribution in [0.3, 0.4) is 0 Å². The van der Waals surface area contributed by atoms with Crippen molar-refractivity contribution in [3.05, 3.63) is 16.7 Å². The maximum absolute atomic E-state index is 6.18. The van der Waals surface area contributed by atoms with Crippen LogP contribution in [0.1, 0.15) is 23.6 Å². The van der Waals surface area contributed by atoms with E-state index in [2.05, 4.69) is 5.32 Å². The van der Waals surface area contributed by atoms with Crippen molar-refractivity contribution in [1.82, 2.24) is 0 Å². The van der Waals surface area contributed by atoms with Gasteiger partial charge in [0.05, 0.1) is 17.5 Å². The van der Waals surface area contributed by atoms with E-state index >= 15 is 0 Å². The summed E-state index contributed by atoms with van der Waals surface area (Å²) in [5.74, 6) is 0. The van der Waals surface area contributed by atoms with Crippen molar-refractivity contribution < 1.29 is 4.74 Å². The van der Waals surface area contributed by atoms with E-state index in [9.17, 15) is 0 Å². The number of hydrogen-bond acceptors (Lipinski definition) is 4. The van der Waals surface area contributed by atoms with Crippen LogP contribution in [0.2, 0.25) is 0 Å². The Hall–Kier alpha value is -1.42. The van der Waals surface area contributed by atoms with Crippen molar-refractivity contribution in [3.8, 4) is 0 Å². The second-order valence-corrected chi connectivity index (χ2v) is 4.59. The number of nitrogen functional groups attached to an aromatic ring is 2. The third kappa shape index (κ3) is 1.93. The summed E-state index contributed by atoms with van der Waals surface area (Å²) in [7, 11) is 0. The van der Waals surface area contributed by atoms with Crippen LogP contribution in [0.15, 0.2) is 0 Å². The monoisotopic (exact) mass is 235 g/mol. The minimum absolute atomic E-state index is 0.191. The fraction of sp³-hybridized carbons (Fsp3) is 0.538. The van der Waals surface area contributed by atoms with Crippen LogP contribution in [0.4, 0.5) is 17.1 Å². The van der Waals surface area contributed by atoms with Gasteiger partial charge < -0.3 is 21.5 Å². The molecule has 0 aliphatic carbocycles. The molecule has 17 heavy (non-hydrogen) atoms. The molecular weight excluding hydrogens is 214 g/mol. The Bertz CT molecular complexity index is 443. The van der Waals surface area contributed by atoms with Crippen LogP contribution in [0.25, 0.3) is 0 Å². The molecule has 0 saturated heterocycles. The molecule has 4 heteroatoms. The van der Waals surface area contributed by atoms with Gasteiger partial charge in [0.1, 0.15) is 0 Å². The highest BCUT2D eigenvalue weighted by Crippen LogP contribution is 2.38. The molecule has 1 unspecified atom stereocenters. The summed E-state index contributed by atoms with van der Waals surface area (Å²) in [5, 5.41) is 3.34. The highest BCUT2D eigenvalue weighted by Gasteiger charge is 2.24. The normalized spacial score (nSPS) is 18.6. The van der Waals surface area contributed by atoms with Gasteiger partial charge in [-0.25, -0.2) is 0 Å². The average molecular weight is 235 g/mol. The highest BCUT2D eigenvalue weighted by molar-refractivity contribution is 5.83. The maximum Gasteiger partial charge on any atom is 0.0789 e. The summed E-state index contributed by atoms with van der Waals surface area (Å²) >= 11 is 0. The zero-order chi connectivity index (χ0) is 12.6. The average Bonchev–Trinajstić information content (AvgIpc) is 2.34.